The number of rotatable bonds is 8. The van der Waals surface area contributed by atoms with Gasteiger partial charge in [-0.2, -0.15) is 0 Å². The Bertz CT molecular complexity index is 1210. The van der Waals surface area contributed by atoms with E-state index in [4.69, 9.17) is 21.3 Å². The number of aromatic nitrogens is 2. The van der Waals surface area contributed by atoms with Crippen LogP contribution in [0.1, 0.15) is 37.7 Å². The van der Waals surface area contributed by atoms with E-state index in [9.17, 15) is 9.59 Å². The van der Waals surface area contributed by atoms with Gasteiger partial charge in [0.1, 0.15) is 23.9 Å². The van der Waals surface area contributed by atoms with Gasteiger partial charge in [0, 0.05) is 44.6 Å². The smallest absolute Gasteiger partial charge is 0.318 e. The Morgan fingerprint density at radius 1 is 1.20 bits per heavy atom. The second-order valence-electron chi connectivity index (χ2n) is 10.3. The molecule has 1 aromatic heterocycles. The molecule has 3 N–H and O–H groups in total. The molecule has 3 amide bonds. The number of hydrogen-bond acceptors (Lipinski definition) is 7. The predicted octanol–water partition coefficient (Wildman–Crippen LogP) is 2.37. The van der Waals surface area contributed by atoms with Gasteiger partial charge in [0.05, 0.1) is 12.8 Å². The summed E-state index contributed by atoms with van der Waals surface area (Å²) < 4.78 is 6.95. The van der Waals surface area contributed by atoms with Crippen LogP contribution in [0.5, 0.6) is 5.75 Å². The molecule has 2 aliphatic heterocycles. The number of ether oxygens (including phenoxy) is 1. The zero-order valence-electron chi connectivity index (χ0n) is 22.8. The first-order valence-electron chi connectivity index (χ1n) is 13.9. The lowest BCUT2D eigenvalue weighted by Crippen LogP contribution is -2.72. The molecule has 5 rings (SSSR count). The molecule has 11 nitrogen and oxygen atoms in total. The quantitative estimate of drug-likeness (QED) is 0.333. The third-order valence-electron chi connectivity index (χ3n) is 7.81. The summed E-state index contributed by atoms with van der Waals surface area (Å²) in [5.74, 6) is 0.484. The van der Waals surface area contributed by atoms with Crippen molar-refractivity contribution in [2.45, 2.75) is 55.6 Å². The largest absolute Gasteiger partial charge is 0.497 e. The highest BCUT2D eigenvalue weighted by Crippen LogP contribution is 2.32. The second-order valence-corrected chi connectivity index (χ2v) is 10.8. The van der Waals surface area contributed by atoms with Crippen molar-refractivity contribution < 1.29 is 14.3 Å². The van der Waals surface area contributed by atoms with Crippen LogP contribution in [0.4, 0.5) is 4.79 Å². The van der Waals surface area contributed by atoms with Crippen LogP contribution in [0.2, 0.25) is 0 Å². The lowest BCUT2D eigenvalue weighted by molar-refractivity contribution is -0.130. The van der Waals surface area contributed by atoms with Crippen molar-refractivity contribution in [3.05, 3.63) is 60.3 Å². The molecule has 2 fully saturated rings. The molecule has 214 valence electrons. The van der Waals surface area contributed by atoms with E-state index in [2.05, 4.69) is 20.9 Å². The number of urea groups is 1. The van der Waals surface area contributed by atoms with Gasteiger partial charge in [-0.3, -0.25) is 4.79 Å². The molecule has 40 heavy (non-hydrogen) atoms. The number of nitrogens with zero attached hydrogens (tertiary/aromatic N) is 5. The number of halogens is 1. The highest BCUT2D eigenvalue weighted by Gasteiger charge is 2.52. The molecule has 0 bridgehead atoms. The molecule has 2 aromatic rings. The summed E-state index contributed by atoms with van der Waals surface area (Å²) in [6, 6.07) is 7.60. The zero-order valence-corrected chi connectivity index (χ0v) is 23.5. The number of aliphatic imine (C=N–C) groups is 1. The zero-order chi connectivity index (χ0) is 28.0. The fraction of sp³-hybridized carbons (Fsp3) is 0.500. The first-order valence-corrected chi connectivity index (χ1v) is 14.3. The lowest BCUT2D eigenvalue weighted by Gasteiger charge is -2.47. The van der Waals surface area contributed by atoms with Crippen LogP contribution in [0.15, 0.2) is 59.8 Å². The van der Waals surface area contributed by atoms with E-state index in [0.29, 0.717) is 31.8 Å². The Morgan fingerprint density at radius 2 is 2.00 bits per heavy atom. The second kappa shape index (κ2) is 12.7. The molecule has 1 saturated carbocycles. The topological polar surface area (TPSA) is 116 Å². The van der Waals surface area contributed by atoms with Crippen molar-refractivity contribution in [2.24, 2.45) is 4.99 Å². The van der Waals surface area contributed by atoms with Crippen LogP contribution >= 0.6 is 11.6 Å². The van der Waals surface area contributed by atoms with Gasteiger partial charge in [0.25, 0.3) is 5.91 Å². The van der Waals surface area contributed by atoms with Gasteiger partial charge in [-0.25, -0.2) is 24.5 Å². The molecule has 2 unspecified atom stereocenters. The molecule has 3 aliphatic rings. The molecule has 1 saturated heterocycles. The van der Waals surface area contributed by atoms with Crippen molar-refractivity contribution in [3.63, 3.8) is 0 Å². The van der Waals surface area contributed by atoms with E-state index in [-0.39, 0.29) is 24.5 Å². The summed E-state index contributed by atoms with van der Waals surface area (Å²) >= 11 is 6.77. The Kier molecular flexibility index (Phi) is 8.91. The van der Waals surface area contributed by atoms with E-state index in [1.807, 2.05) is 24.3 Å². The monoisotopic (exact) mass is 568 g/mol. The Hall–Kier alpha value is -3.57. The maximum atomic E-state index is 14.2. The number of benzene rings is 1. The summed E-state index contributed by atoms with van der Waals surface area (Å²) in [6.07, 6.45) is 14.2. The average molecular weight is 569 g/mol. The van der Waals surface area contributed by atoms with E-state index >= 15 is 0 Å². The number of alkyl halides is 1. The maximum absolute atomic E-state index is 14.2. The fourth-order valence-corrected chi connectivity index (χ4v) is 5.85. The van der Waals surface area contributed by atoms with Crippen LogP contribution in [0.3, 0.4) is 0 Å². The molecule has 1 aliphatic carbocycles. The number of imidazole rings is 1. The van der Waals surface area contributed by atoms with E-state index in [1.54, 1.807) is 52.8 Å². The average Bonchev–Trinajstić information content (AvgIpc) is 3.52. The van der Waals surface area contributed by atoms with Gasteiger partial charge in [0.2, 0.25) is 0 Å². The number of carbonyl (C=O) groups excluding carboxylic acids is 2. The Balaban J connectivity index is 1.40. The Morgan fingerprint density at radius 3 is 2.70 bits per heavy atom. The normalized spacial score (nSPS) is 23.4. The van der Waals surface area contributed by atoms with Gasteiger partial charge in [-0.05, 0) is 43.0 Å². The number of nitrogens with one attached hydrogen (secondary N) is 3. The summed E-state index contributed by atoms with van der Waals surface area (Å²) in [4.78, 5) is 38.3. The Labute approximate surface area is 239 Å². The minimum atomic E-state index is -1.37. The van der Waals surface area contributed by atoms with Gasteiger partial charge < -0.3 is 25.6 Å². The number of amides is 3. The molecule has 0 radical (unpaired) electrons. The first-order chi connectivity index (χ1) is 19.5. The summed E-state index contributed by atoms with van der Waals surface area (Å²) in [7, 11) is 1.63. The standard InChI is InChI=1S/C28H37ClN8O3/c1-40-23-9-7-21(8-10-23)11-12-32-26(38)28(24-17-25(29)37(20-33-24)35-15-13-31-19-35)18-30-14-16-36(28)27(39)34-22-5-3-2-4-6-22/h7-10,13,15,17,19-20,22,25,30H,2-6,11-12,14,16,18H2,1H3,(H,32,38)(H,34,39). The molecular formula is C28H37ClN8O3. The van der Waals surface area contributed by atoms with Crippen molar-refractivity contribution >= 4 is 29.9 Å². The van der Waals surface area contributed by atoms with E-state index < -0.39 is 11.0 Å². The molecule has 3 heterocycles. The third-order valence-corrected chi connectivity index (χ3v) is 8.14. The van der Waals surface area contributed by atoms with Crippen LogP contribution in [0.25, 0.3) is 0 Å². The van der Waals surface area contributed by atoms with E-state index in [1.165, 1.54) is 6.42 Å². The highest BCUT2D eigenvalue weighted by molar-refractivity contribution is 6.24. The van der Waals surface area contributed by atoms with Crippen molar-refractivity contribution in [3.8, 4) is 5.75 Å². The predicted molar refractivity (Wildman–Crippen MR) is 154 cm³/mol. The molecule has 2 atom stereocenters. The number of methoxy groups -OCH3 is 1. The van der Waals surface area contributed by atoms with E-state index in [0.717, 1.165) is 37.0 Å². The lowest BCUT2D eigenvalue weighted by atomic mass is 9.88. The minimum Gasteiger partial charge on any atom is -0.497 e. The minimum absolute atomic E-state index is 0.105. The third kappa shape index (κ3) is 5.95. The van der Waals surface area contributed by atoms with Crippen LogP contribution in [-0.4, -0.2) is 83.2 Å². The fourth-order valence-electron chi connectivity index (χ4n) is 5.58. The molecule has 0 spiro atoms. The highest BCUT2D eigenvalue weighted by atomic mass is 35.5. The van der Waals surface area contributed by atoms with Crippen molar-refractivity contribution in [1.82, 2.24) is 30.5 Å². The summed E-state index contributed by atoms with van der Waals surface area (Å²) in [6.45, 7) is 1.54. The van der Waals surface area contributed by atoms with Crippen molar-refractivity contribution in [1.29, 1.82) is 0 Å². The van der Waals surface area contributed by atoms with Crippen molar-refractivity contribution in [2.75, 3.05) is 38.3 Å². The number of carbonyl (C=O) groups is 2. The van der Waals surface area contributed by atoms with Crippen LogP contribution < -0.4 is 25.7 Å². The van der Waals surface area contributed by atoms with Crippen LogP contribution in [0, 0.1) is 0 Å². The first kappa shape index (κ1) is 28.0. The SMILES string of the molecule is COc1ccc(CCNC(=O)C2(C3=CC(Cl)N(n4ccnc4)C=N3)CNCCN2C(=O)NC2CCCCC2)cc1. The summed E-state index contributed by atoms with van der Waals surface area (Å²) in [5.41, 5.74) is -0.523. The van der Waals surface area contributed by atoms with Gasteiger partial charge in [-0.15, -0.1) is 0 Å². The van der Waals surface area contributed by atoms with Gasteiger partial charge >= 0.3 is 6.03 Å². The van der Waals surface area contributed by atoms with Crippen LogP contribution in [-0.2, 0) is 11.2 Å². The number of piperazine rings is 1. The van der Waals surface area contributed by atoms with Gasteiger partial charge in [0.15, 0.2) is 5.54 Å². The molecule has 12 heteroatoms. The molecular weight excluding hydrogens is 532 g/mol. The number of hydrogen-bond donors (Lipinski definition) is 3. The summed E-state index contributed by atoms with van der Waals surface area (Å²) in [5, 5.41) is 11.3. The maximum Gasteiger partial charge on any atom is 0.318 e. The van der Waals surface area contributed by atoms with Gasteiger partial charge in [-0.1, -0.05) is 43.0 Å². The molecule has 1 aromatic carbocycles.